The normalized spacial score (nSPS) is 12.0. The van der Waals surface area contributed by atoms with Crippen LogP contribution >= 0.6 is 15.9 Å². The van der Waals surface area contributed by atoms with Crippen LogP contribution in [0.25, 0.3) is 0 Å². The number of ether oxygens (including phenoxy) is 5. The van der Waals surface area contributed by atoms with E-state index in [4.69, 9.17) is 23.7 Å². The highest BCUT2D eigenvalue weighted by atomic mass is 79.9. The molecule has 0 saturated carbocycles. The van der Waals surface area contributed by atoms with Gasteiger partial charge in [-0.05, 0) is 61.7 Å². The zero-order valence-electron chi connectivity index (χ0n) is 27.7. The zero-order valence-corrected chi connectivity index (χ0v) is 29.2. The molecular weight excluding hydrogens is 702 g/mol. The molecule has 0 spiro atoms. The van der Waals surface area contributed by atoms with Gasteiger partial charge in [0, 0.05) is 11.8 Å². The number of nitrogens with one attached hydrogen (secondary N) is 3. The number of benzene rings is 3. The van der Waals surface area contributed by atoms with E-state index < -0.39 is 47.7 Å². The van der Waals surface area contributed by atoms with Gasteiger partial charge in [-0.25, -0.2) is 14.4 Å². The fourth-order valence-electron chi connectivity index (χ4n) is 4.25. The average Bonchev–Trinajstić information content (AvgIpc) is 3.07. The van der Waals surface area contributed by atoms with Crippen molar-refractivity contribution in [2.45, 2.75) is 51.5 Å². The number of hydrogen-bond donors (Lipinski definition) is 3. The van der Waals surface area contributed by atoms with Crippen LogP contribution in [-0.2, 0) is 46.4 Å². The Hall–Kier alpha value is -5.11. The second-order valence-corrected chi connectivity index (χ2v) is 12.3. The minimum Gasteiger partial charge on any atom is -0.467 e. The third-order valence-electron chi connectivity index (χ3n) is 6.46. The summed E-state index contributed by atoms with van der Waals surface area (Å²) >= 11 is 3.16. The second kappa shape index (κ2) is 19.0. The highest BCUT2D eigenvalue weighted by molar-refractivity contribution is 9.09. The first-order chi connectivity index (χ1) is 23.4. The maximum absolute atomic E-state index is 13.0. The topological polar surface area (TPSA) is 168 Å². The fourth-order valence-corrected chi connectivity index (χ4v) is 4.41. The van der Waals surface area contributed by atoms with E-state index >= 15 is 0 Å². The predicted octanol–water partition coefficient (Wildman–Crippen LogP) is 5.11. The van der Waals surface area contributed by atoms with Gasteiger partial charge in [0.1, 0.15) is 42.9 Å². The van der Waals surface area contributed by atoms with E-state index in [-0.39, 0.29) is 26.2 Å². The summed E-state index contributed by atoms with van der Waals surface area (Å²) < 4.78 is 26.4. The van der Waals surface area contributed by atoms with E-state index in [1.54, 1.807) is 69.3 Å². The van der Waals surface area contributed by atoms with Crippen molar-refractivity contribution >= 4 is 46.0 Å². The maximum atomic E-state index is 13.0. The standard InChI is InChI=1S/C35H40BrN3O10/c1-35(2,3)49-34(44)38-28(31(41)37-21-29(40)46-18-17-36)19-23-13-15-26(16-14-23)48-27-12-8-11-25(20-27)30(32(42)45-4)39-33(43)47-22-24-9-6-5-7-10-24/h5-16,20,28,30H,17-19,21-22H2,1-4H3,(H,37,41)(H,38,44)(H,39,43)/t28-,30-/m1/s1. The Labute approximate surface area is 293 Å². The van der Waals surface area contributed by atoms with Crippen LogP contribution in [0.4, 0.5) is 9.59 Å². The summed E-state index contributed by atoms with van der Waals surface area (Å²) in [5.41, 5.74) is 1.06. The molecule has 0 saturated heterocycles. The van der Waals surface area contributed by atoms with Gasteiger partial charge < -0.3 is 39.6 Å². The number of rotatable bonds is 15. The summed E-state index contributed by atoms with van der Waals surface area (Å²) in [5, 5.41) is 8.04. The van der Waals surface area contributed by atoms with Gasteiger partial charge in [0.05, 0.1) is 7.11 Å². The summed E-state index contributed by atoms with van der Waals surface area (Å²) in [6, 6.07) is 20.2. The molecule has 2 atom stereocenters. The molecule has 0 heterocycles. The Balaban J connectivity index is 1.68. The smallest absolute Gasteiger partial charge is 0.408 e. The van der Waals surface area contributed by atoms with Gasteiger partial charge in [-0.1, -0.05) is 70.5 Å². The molecule has 3 rings (SSSR count). The van der Waals surface area contributed by atoms with Gasteiger partial charge in [-0.2, -0.15) is 0 Å². The second-order valence-electron chi connectivity index (χ2n) is 11.5. The van der Waals surface area contributed by atoms with Crippen LogP contribution in [0.3, 0.4) is 0 Å². The van der Waals surface area contributed by atoms with Gasteiger partial charge >= 0.3 is 24.1 Å². The number of carbonyl (C=O) groups is 5. The number of alkyl halides is 1. The molecule has 13 nitrogen and oxygen atoms in total. The predicted molar refractivity (Wildman–Crippen MR) is 182 cm³/mol. The molecule has 0 aliphatic carbocycles. The Morgan fingerprint density at radius 2 is 1.51 bits per heavy atom. The van der Waals surface area contributed by atoms with Crippen molar-refractivity contribution in [2.24, 2.45) is 0 Å². The molecule has 0 fully saturated rings. The molecule has 0 aromatic heterocycles. The average molecular weight is 743 g/mol. The molecule has 14 heteroatoms. The minimum atomic E-state index is -1.16. The summed E-state index contributed by atoms with van der Waals surface area (Å²) in [6.07, 6.45) is -1.52. The third kappa shape index (κ3) is 13.9. The molecule has 3 amide bonds. The Morgan fingerprint density at radius 1 is 0.796 bits per heavy atom. The van der Waals surface area contributed by atoms with Crippen LogP contribution in [-0.4, -0.2) is 67.3 Å². The lowest BCUT2D eigenvalue weighted by Crippen LogP contribution is -2.50. The molecule has 0 radical (unpaired) electrons. The third-order valence-corrected chi connectivity index (χ3v) is 6.78. The highest BCUT2D eigenvalue weighted by Gasteiger charge is 2.26. The Morgan fingerprint density at radius 3 is 2.16 bits per heavy atom. The van der Waals surface area contributed by atoms with E-state index in [1.165, 1.54) is 7.11 Å². The first kappa shape index (κ1) is 38.3. The summed E-state index contributed by atoms with van der Waals surface area (Å²) in [6.45, 7) is 4.90. The fraction of sp³-hybridized carbons (Fsp3) is 0.343. The van der Waals surface area contributed by atoms with Crippen LogP contribution in [0.2, 0.25) is 0 Å². The Kier molecular flexibility index (Phi) is 14.9. The largest absolute Gasteiger partial charge is 0.467 e. The van der Waals surface area contributed by atoms with E-state index in [2.05, 4.69) is 31.9 Å². The Bertz CT molecular complexity index is 1560. The van der Waals surface area contributed by atoms with Crippen LogP contribution < -0.4 is 20.7 Å². The lowest BCUT2D eigenvalue weighted by Gasteiger charge is -2.23. The molecule has 3 aromatic rings. The molecule has 3 aromatic carbocycles. The van der Waals surface area contributed by atoms with Crippen LogP contribution in [0.1, 0.15) is 43.5 Å². The number of methoxy groups -OCH3 is 1. The molecule has 262 valence electrons. The molecular formula is C35H40BrN3O10. The number of alkyl carbamates (subject to hydrolysis) is 2. The van der Waals surface area contributed by atoms with E-state index in [0.29, 0.717) is 28.0 Å². The van der Waals surface area contributed by atoms with Crippen molar-refractivity contribution in [3.05, 3.63) is 95.6 Å². The minimum absolute atomic E-state index is 0.0223. The number of carbonyl (C=O) groups excluding carboxylic acids is 5. The van der Waals surface area contributed by atoms with Gasteiger partial charge in [0.25, 0.3) is 0 Å². The number of amides is 3. The maximum Gasteiger partial charge on any atom is 0.408 e. The monoisotopic (exact) mass is 741 g/mol. The molecule has 0 aliphatic rings. The lowest BCUT2D eigenvalue weighted by atomic mass is 10.0. The zero-order chi connectivity index (χ0) is 35.8. The van der Waals surface area contributed by atoms with Gasteiger partial charge in [-0.3, -0.25) is 9.59 Å². The van der Waals surface area contributed by atoms with Crippen LogP contribution in [0.5, 0.6) is 11.5 Å². The summed E-state index contributed by atoms with van der Waals surface area (Å²) in [4.78, 5) is 62.5. The number of halogens is 1. The van der Waals surface area contributed by atoms with E-state index in [9.17, 15) is 24.0 Å². The van der Waals surface area contributed by atoms with E-state index in [0.717, 1.165) is 5.56 Å². The first-order valence-corrected chi connectivity index (χ1v) is 16.4. The summed E-state index contributed by atoms with van der Waals surface area (Å²) in [5.74, 6) is -1.12. The summed E-state index contributed by atoms with van der Waals surface area (Å²) in [7, 11) is 1.21. The molecule has 3 N–H and O–H groups in total. The highest BCUT2D eigenvalue weighted by Crippen LogP contribution is 2.26. The van der Waals surface area contributed by atoms with Crippen molar-refractivity contribution in [1.82, 2.24) is 16.0 Å². The van der Waals surface area contributed by atoms with Crippen LogP contribution in [0.15, 0.2) is 78.9 Å². The first-order valence-electron chi connectivity index (χ1n) is 15.3. The molecule has 49 heavy (non-hydrogen) atoms. The number of esters is 2. The van der Waals surface area contributed by atoms with Crippen LogP contribution in [0, 0.1) is 0 Å². The van der Waals surface area contributed by atoms with E-state index in [1.807, 2.05) is 30.3 Å². The van der Waals surface area contributed by atoms with Crippen molar-refractivity contribution in [3.63, 3.8) is 0 Å². The molecule has 0 unspecified atom stereocenters. The van der Waals surface area contributed by atoms with Crippen molar-refractivity contribution in [3.8, 4) is 11.5 Å². The molecule has 0 aliphatic heterocycles. The van der Waals surface area contributed by atoms with Crippen molar-refractivity contribution in [1.29, 1.82) is 0 Å². The van der Waals surface area contributed by atoms with Crippen molar-refractivity contribution in [2.75, 3.05) is 25.6 Å². The molecule has 0 bridgehead atoms. The quantitative estimate of drug-likeness (QED) is 0.108. The number of hydrogen-bond acceptors (Lipinski definition) is 10. The van der Waals surface area contributed by atoms with Gasteiger partial charge in [0.2, 0.25) is 5.91 Å². The van der Waals surface area contributed by atoms with Crippen molar-refractivity contribution < 1.29 is 47.7 Å². The van der Waals surface area contributed by atoms with Gasteiger partial charge in [0.15, 0.2) is 6.04 Å². The van der Waals surface area contributed by atoms with Gasteiger partial charge in [-0.15, -0.1) is 0 Å². The SMILES string of the molecule is COC(=O)[C@H](NC(=O)OCc1ccccc1)c1cccc(Oc2ccc(C[C@@H](NC(=O)OC(C)(C)C)C(=O)NCC(=O)OCCBr)cc2)c1. The lowest BCUT2D eigenvalue weighted by molar-refractivity contribution is -0.144.